The van der Waals surface area contributed by atoms with Gasteiger partial charge < -0.3 is 20.9 Å². The summed E-state index contributed by atoms with van der Waals surface area (Å²) in [5.41, 5.74) is 5.59. The molecule has 0 heterocycles. The maximum absolute atomic E-state index is 11.7. The number of anilines is 1. The number of benzene rings is 1. The molecule has 106 valence electrons. The van der Waals surface area contributed by atoms with Gasteiger partial charge in [-0.15, -0.1) is 0 Å². The molecule has 0 saturated heterocycles. The lowest BCUT2D eigenvalue weighted by molar-refractivity contribution is -0.124. The van der Waals surface area contributed by atoms with Crippen LogP contribution in [-0.4, -0.2) is 29.3 Å². The quantitative estimate of drug-likeness (QED) is 0.678. The smallest absolute Gasteiger partial charge is 0.223 e. The molecule has 1 rings (SSSR count). The minimum Gasteiger partial charge on any atom is -0.493 e. The van der Waals surface area contributed by atoms with Crippen molar-refractivity contribution in [1.29, 1.82) is 0 Å². The third-order valence-corrected chi connectivity index (χ3v) is 2.98. The van der Waals surface area contributed by atoms with E-state index in [1.165, 1.54) is 0 Å². The van der Waals surface area contributed by atoms with Crippen molar-refractivity contribution in [3.05, 3.63) is 24.3 Å². The Bertz CT molecular complexity index is 413. The van der Waals surface area contributed by atoms with Gasteiger partial charge in [-0.05, 0) is 45.0 Å². The van der Waals surface area contributed by atoms with Crippen molar-refractivity contribution in [2.75, 3.05) is 12.3 Å². The fourth-order valence-electron chi connectivity index (χ4n) is 1.35. The number of carbonyl (C=O) groups is 1. The second-order valence-electron chi connectivity index (χ2n) is 5.11. The first-order chi connectivity index (χ1) is 8.81. The average Bonchev–Trinajstić information content (AvgIpc) is 2.31. The molecule has 0 bridgehead atoms. The van der Waals surface area contributed by atoms with E-state index < -0.39 is 11.6 Å². The Balaban J connectivity index is 2.33. The number of ether oxygens (including phenoxy) is 1. The number of nitrogen functional groups attached to an aromatic ring is 1. The Morgan fingerprint density at radius 3 is 2.53 bits per heavy atom. The lowest BCUT2D eigenvalue weighted by Crippen LogP contribution is -2.51. The van der Waals surface area contributed by atoms with E-state index in [0.29, 0.717) is 11.4 Å². The largest absolute Gasteiger partial charge is 0.493 e. The van der Waals surface area contributed by atoms with Gasteiger partial charge in [0.15, 0.2) is 0 Å². The zero-order chi connectivity index (χ0) is 14.5. The van der Waals surface area contributed by atoms with Crippen LogP contribution in [0.5, 0.6) is 5.75 Å². The SMILES string of the molecule is CC(O)C(C)(C)NC(=O)CCOc1ccc(N)cc1. The van der Waals surface area contributed by atoms with Gasteiger partial charge in [0, 0.05) is 5.69 Å². The van der Waals surface area contributed by atoms with Gasteiger partial charge in [-0.2, -0.15) is 0 Å². The molecule has 1 unspecified atom stereocenters. The van der Waals surface area contributed by atoms with Crippen LogP contribution in [0.4, 0.5) is 5.69 Å². The second-order valence-corrected chi connectivity index (χ2v) is 5.11. The molecule has 0 radical (unpaired) electrons. The number of hydrogen-bond acceptors (Lipinski definition) is 4. The molecule has 0 aliphatic heterocycles. The van der Waals surface area contributed by atoms with E-state index in [1.54, 1.807) is 45.0 Å². The van der Waals surface area contributed by atoms with Crippen molar-refractivity contribution in [3.8, 4) is 5.75 Å². The number of aliphatic hydroxyl groups excluding tert-OH is 1. The normalized spacial score (nSPS) is 12.8. The van der Waals surface area contributed by atoms with E-state index in [-0.39, 0.29) is 18.9 Å². The zero-order valence-corrected chi connectivity index (χ0v) is 11.6. The van der Waals surface area contributed by atoms with Crippen molar-refractivity contribution in [2.45, 2.75) is 38.8 Å². The van der Waals surface area contributed by atoms with Crippen molar-refractivity contribution >= 4 is 11.6 Å². The summed E-state index contributed by atoms with van der Waals surface area (Å²) in [6.45, 7) is 5.48. The highest BCUT2D eigenvalue weighted by molar-refractivity contribution is 5.76. The summed E-state index contributed by atoms with van der Waals surface area (Å²) in [5, 5.41) is 12.3. The minimum atomic E-state index is -0.641. The molecule has 19 heavy (non-hydrogen) atoms. The Morgan fingerprint density at radius 2 is 2.00 bits per heavy atom. The average molecular weight is 266 g/mol. The third kappa shape index (κ3) is 5.18. The fourth-order valence-corrected chi connectivity index (χ4v) is 1.35. The van der Waals surface area contributed by atoms with Gasteiger partial charge in [-0.25, -0.2) is 0 Å². The third-order valence-electron chi connectivity index (χ3n) is 2.98. The van der Waals surface area contributed by atoms with Crippen LogP contribution in [0.15, 0.2) is 24.3 Å². The molecule has 0 aromatic heterocycles. The number of nitrogens with one attached hydrogen (secondary N) is 1. The van der Waals surface area contributed by atoms with Crippen LogP contribution in [0.3, 0.4) is 0 Å². The van der Waals surface area contributed by atoms with Crippen LogP contribution in [0.2, 0.25) is 0 Å². The van der Waals surface area contributed by atoms with Gasteiger partial charge in [-0.3, -0.25) is 4.79 Å². The van der Waals surface area contributed by atoms with Gasteiger partial charge in [0.25, 0.3) is 0 Å². The molecule has 5 heteroatoms. The number of nitrogens with two attached hydrogens (primary N) is 1. The summed E-state index contributed by atoms with van der Waals surface area (Å²) in [6, 6.07) is 7.00. The van der Waals surface area contributed by atoms with E-state index in [4.69, 9.17) is 10.5 Å². The lowest BCUT2D eigenvalue weighted by Gasteiger charge is -2.29. The summed E-state index contributed by atoms with van der Waals surface area (Å²) >= 11 is 0. The predicted octanol–water partition coefficient (Wildman–Crippen LogP) is 1.31. The van der Waals surface area contributed by atoms with E-state index in [1.807, 2.05) is 0 Å². The van der Waals surface area contributed by atoms with E-state index in [2.05, 4.69) is 5.32 Å². The van der Waals surface area contributed by atoms with Crippen LogP contribution < -0.4 is 15.8 Å². The van der Waals surface area contributed by atoms with Gasteiger partial charge in [0.1, 0.15) is 5.75 Å². The summed E-state index contributed by atoms with van der Waals surface area (Å²) in [6.07, 6.45) is -0.380. The summed E-state index contributed by atoms with van der Waals surface area (Å²) < 4.78 is 5.43. The standard InChI is InChI=1S/C14H22N2O3/c1-10(17)14(2,3)16-13(18)8-9-19-12-6-4-11(15)5-7-12/h4-7,10,17H,8-9,15H2,1-3H3,(H,16,18). The van der Waals surface area contributed by atoms with Gasteiger partial charge in [-0.1, -0.05) is 0 Å². The first-order valence-corrected chi connectivity index (χ1v) is 6.28. The molecular weight excluding hydrogens is 244 g/mol. The highest BCUT2D eigenvalue weighted by atomic mass is 16.5. The highest BCUT2D eigenvalue weighted by Crippen LogP contribution is 2.13. The number of rotatable bonds is 6. The van der Waals surface area contributed by atoms with Crippen molar-refractivity contribution in [2.24, 2.45) is 0 Å². The number of carbonyl (C=O) groups excluding carboxylic acids is 1. The second kappa shape index (κ2) is 6.43. The molecule has 0 spiro atoms. The van der Waals surface area contributed by atoms with Crippen LogP contribution in [0, 0.1) is 0 Å². The molecule has 1 atom stereocenters. The highest BCUT2D eigenvalue weighted by Gasteiger charge is 2.25. The van der Waals surface area contributed by atoms with E-state index >= 15 is 0 Å². The van der Waals surface area contributed by atoms with Gasteiger partial charge in [0.2, 0.25) is 5.91 Å². The number of aliphatic hydroxyl groups is 1. The van der Waals surface area contributed by atoms with Crippen LogP contribution in [-0.2, 0) is 4.79 Å². The molecule has 0 saturated carbocycles. The van der Waals surface area contributed by atoms with Gasteiger partial charge >= 0.3 is 0 Å². The monoisotopic (exact) mass is 266 g/mol. The molecule has 0 aliphatic rings. The van der Waals surface area contributed by atoms with E-state index in [0.717, 1.165) is 0 Å². The molecular formula is C14H22N2O3. The predicted molar refractivity (Wildman–Crippen MR) is 74.9 cm³/mol. The van der Waals surface area contributed by atoms with E-state index in [9.17, 15) is 9.90 Å². The molecule has 4 N–H and O–H groups in total. The molecule has 1 amide bonds. The van der Waals surface area contributed by atoms with Crippen LogP contribution in [0.1, 0.15) is 27.2 Å². The lowest BCUT2D eigenvalue weighted by atomic mass is 9.99. The van der Waals surface area contributed by atoms with Crippen LogP contribution in [0.25, 0.3) is 0 Å². The molecule has 0 aliphatic carbocycles. The molecule has 1 aromatic carbocycles. The van der Waals surface area contributed by atoms with Crippen molar-refractivity contribution in [1.82, 2.24) is 5.32 Å². The Hall–Kier alpha value is -1.75. The van der Waals surface area contributed by atoms with Gasteiger partial charge in [0.05, 0.1) is 24.7 Å². The molecule has 1 aromatic rings. The topological polar surface area (TPSA) is 84.6 Å². The minimum absolute atomic E-state index is 0.152. The maximum atomic E-state index is 11.7. The fraction of sp³-hybridized carbons (Fsp3) is 0.500. The first kappa shape index (κ1) is 15.3. The maximum Gasteiger partial charge on any atom is 0.223 e. The first-order valence-electron chi connectivity index (χ1n) is 6.28. The molecule has 5 nitrogen and oxygen atoms in total. The summed E-state index contributed by atoms with van der Waals surface area (Å²) in [7, 11) is 0. The van der Waals surface area contributed by atoms with Crippen LogP contribution >= 0.6 is 0 Å². The summed E-state index contributed by atoms with van der Waals surface area (Å²) in [5.74, 6) is 0.526. The Morgan fingerprint density at radius 1 is 1.42 bits per heavy atom. The Kier molecular flexibility index (Phi) is 5.18. The summed E-state index contributed by atoms with van der Waals surface area (Å²) in [4.78, 5) is 11.7. The number of hydrogen-bond donors (Lipinski definition) is 3. The zero-order valence-electron chi connectivity index (χ0n) is 11.6. The van der Waals surface area contributed by atoms with Crippen molar-refractivity contribution in [3.63, 3.8) is 0 Å². The van der Waals surface area contributed by atoms with Crippen molar-refractivity contribution < 1.29 is 14.6 Å². The molecule has 0 fully saturated rings. The Labute approximate surface area is 113 Å². The number of amides is 1.